The van der Waals surface area contributed by atoms with Gasteiger partial charge in [0.2, 0.25) is 17.8 Å². The second kappa shape index (κ2) is 10.2. The maximum absolute atomic E-state index is 12.8. The molecule has 30 heavy (non-hydrogen) atoms. The van der Waals surface area contributed by atoms with Gasteiger partial charge in [0.05, 0.1) is 0 Å². The van der Waals surface area contributed by atoms with Crippen molar-refractivity contribution in [1.29, 1.82) is 0 Å². The van der Waals surface area contributed by atoms with Crippen molar-refractivity contribution >= 4 is 17.8 Å². The lowest BCUT2D eigenvalue weighted by Crippen LogP contribution is -2.43. The SMILES string of the molecule is CN(Cc1cnc(N(C)C)nc1)C(=O)C1CCN(C(=O)CCc2ccccc2)CC1. The number of nitrogens with zero attached hydrogens (tertiary/aromatic N) is 5. The molecule has 2 heterocycles. The largest absolute Gasteiger partial charge is 0.347 e. The van der Waals surface area contributed by atoms with Crippen LogP contribution >= 0.6 is 0 Å². The van der Waals surface area contributed by atoms with Crippen molar-refractivity contribution in [2.45, 2.75) is 32.2 Å². The normalized spacial score (nSPS) is 14.4. The van der Waals surface area contributed by atoms with E-state index in [1.54, 1.807) is 17.3 Å². The summed E-state index contributed by atoms with van der Waals surface area (Å²) in [5.74, 6) is 0.923. The maximum Gasteiger partial charge on any atom is 0.225 e. The number of anilines is 1. The van der Waals surface area contributed by atoms with Gasteiger partial charge in [-0.3, -0.25) is 9.59 Å². The van der Waals surface area contributed by atoms with Crippen LogP contribution in [0.1, 0.15) is 30.4 Å². The number of hydrogen-bond donors (Lipinski definition) is 0. The third-order valence-corrected chi connectivity index (χ3v) is 5.55. The summed E-state index contributed by atoms with van der Waals surface area (Å²) in [6.45, 7) is 1.79. The molecule has 2 amide bonds. The predicted molar refractivity (Wildman–Crippen MR) is 117 cm³/mol. The van der Waals surface area contributed by atoms with Crippen LogP contribution in [0.2, 0.25) is 0 Å². The van der Waals surface area contributed by atoms with Gasteiger partial charge in [-0.1, -0.05) is 30.3 Å². The average Bonchev–Trinajstić information content (AvgIpc) is 2.78. The van der Waals surface area contributed by atoms with E-state index in [0.717, 1.165) is 24.8 Å². The van der Waals surface area contributed by atoms with Gasteiger partial charge in [-0.05, 0) is 24.8 Å². The quantitative estimate of drug-likeness (QED) is 0.702. The number of piperidine rings is 1. The Morgan fingerprint density at radius 2 is 1.63 bits per heavy atom. The number of amides is 2. The maximum atomic E-state index is 12.8. The Bertz CT molecular complexity index is 830. The number of hydrogen-bond acceptors (Lipinski definition) is 5. The molecule has 2 aromatic rings. The number of aryl methyl sites for hydroxylation is 1. The molecular weight excluding hydrogens is 378 g/mol. The van der Waals surface area contributed by atoms with E-state index in [1.165, 1.54) is 5.56 Å². The van der Waals surface area contributed by atoms with Gasteiger partial charge in [-0.2, -0.15) is 0 Å². The van der Waals surface area contributed by atoms with Crippen LogP contribution in [-0.2, 0) is 22.6 Å². The summed E-state index contributed by atoms with van der Waals surface area (Å²) in [7, 11) is 5.60. The van der Waals surface area contributed by atoms with Gasteiger partial charge >= 0.3 is 0 Å². The fourth-order valence-corrected chi connectivity index (χ4v) is 3.75. The second-order valence-corrected chi connectivity index (χ2v) is 8.12. The zero-order valence-electron chi connectivity index (χ0n) is 18.1. The predicted octanol–water partition coefficient (Wildman–Crippen LogP) is 2.37. The van der Waals surface area contributed by atoms with Gasteiger partial charge in [0.25, 0.3) is 0 Å². The first-order valence-corrected chi connectivity index (χ1v) is 10.5. The topological polar surface area (TPSA) is 69.6 Å². The van der Waals surface area contributed by atoms with E-state index in [1.807, 2.05) is 61.3 Å². The van der Waals surface area contributed by atoms with E-state index in [2.05, 4.69) is 9.97 Å². The van der Waals surface area contributed by atoms with Crippen molar-refractivity contribution in [1.82, 2.24) is 19.8 Å². The molecule has 1 aromatic carbocycles. The zero-order chi connectivity index (χ0) is 21.5. The highest BCUT2D eigenvalue weighted by atomic mass is 16.2. The van der Waals surface area contributed by atoms with Crippen LogP contribution in [0, 0.1) is 5.92 Å². The Labute approximate surface area is 178 Å². The molecule has 1 aliphatic rings. The van der Waals surface area contributed by atoms with Gasteiger partial charge in [0.15, 0.2) is 0 Å². The van der Waals surface area contributed by atoms with Crippen molar-refractivity contribution in [2.24, 2.45) is 5.92 Å². The highest BCUT2D eigenvalue weighted by molar-refractivity contribution is 5.80. The minimum atomic E-state index is -0.0323. The first-order valence-electron chi connectivity index (χ1n) is 10.5. The first kappa shape index (κ1) is 21.7. The van der Waals surface area contributed by atoms with E-state index in [-0.39, 0.29) is 17.7 Å². The molecular formula is C23H31N5O2. The van der Waals surface area contributed by atoms with Crippen molar-refractivity contribution in [3.8, 4) is 0 Å². The van der Waals surface area contributed by atoms with Crippen LogP contribution in [0.15, 0.2) is 42.7 Å². The zero-order valence-corrected chi connectivity index (χ0v) is 18.1. The standard InChI is InChI=1S/C23H31N5O2/c1-26(2)23-24-15-19(16-25-23)17-27(3)22(30)20-11-13-28(14-12-20)21(29)10-9-18-7-5-4-6-8-18/h4-8,15-16,20H,9-14,17H2,1-3H3. The Hall–Kier alpha value is -2.96. The van der Waals surface area contributed by atoms with E-state index in [9.17, 15) is 9.59 Å². The summed E-state index contributed by atoms with van der Waals surface area (Å²) in [6.07, 6.45) is 6.24. The Kier molecular flexibility index (Phi) is 7.38. The van der Waals surface area contributed by atoms with Gasteiger partial charge in [0.1, 0.15) is 0 Å². The summed E-state index contributed by atoms with van der Waals surface area (Å²) in [5, 5.41) is 0. The Balaban J connectivity index is 1.44. The number of carbonyl (C=O) groups excluding carboxylic acids is 2. The molecule has 0 saturated carbocycles. The van der Waals surface area contributed by atoms with Gasteiger partial charge in [-0.15, -0.1) is 0 Å². The van der Waals surface area contributed by atoms with Gasteiger partial charge in [-0.25, -0.2) is 9.97 Å². The molecule has 3 rings (SSSR count). The molecule has 1 saturated heterocycles. The summed E-state index contributed by atoms with van der Waals surface area (Å²) in [5.41, 5.74) is 2.09. The minimum absolute atomic E-state index is 0.0323. The Morgan fingerprint density at radius 3 is 2.23 bits per heavy atom. The molecule has 7 heteroatoms. The smallest absolute Gasteiger partial charge is 0.225 e. The van der Waals surface area contributed by atoms with Crippen LogP contribution in [0.5, 0.6) is 0 Å². The van der Waals surface area contributed by atoms with Gasteiger partial charge in [0, 0.05) is 71.1 Å². The number of benzene rings is 1. The Morgan fingerprint density at radius 1 is 1.00 bits per heavy atom. The fourth-order valence-electron chi connectivity index (χ4n) is 3.75. The monoisotopic (exact) mass is 409 g/mol. The molecule has 0 radical (unpaired) electrons. The van der Waals surface area contributed by atoms with Crippen molar-refractivity contribution in [3.63, 3.8) is 0 Å². The molecule has 0 N–H and O–H groups in total. The number of rotatable bonds is 7. The highest BCUT2D eigenvalue weighted by Gasteiger charge is 2.29. The molecule has 160 valence electrons. The summed E-state index contributed by atoms with van der Waals surface area (Å²) < 4.78 is 0. The molecule has 0 aliphatic carbocycles. The summed E-state index contributed by atoms with van der Waals surface area (Å²) >= 11 is 0. The molecule has 1 fully saturated rings. The molecule has 1 aliphatic heterocycles. The van der Waals surface area contributed by atoms with Crippen molar-refractivity contribution in [2.75, 3.05) is 39.1 Å². The van der Waals surface area contributed by atoms with E-state index >= 15 is 0 Å². The molecule has 0 spiro atoms. The van der Waals surface area contributed by atoms with Crippen molar-refractivity contribution < 1.29 is 9.59 Å². The lowest BCUT2D eigenvalue weighted by atomic mass is 9.95. The van der Waals surface area contributed by atoms with Crippen molar-refractivity contribution in [3.05, 3.63) is 53.9 Å². The number of carbonyl (C=O) groups is 2. The second-order valence-electron chi connectivity index (χ2n) is 8.12. The van der Waals surface area contributed by atoms with Crippen LogP contribution in [0.4, 0.5) is 5.95 Å². The van der Waals surface area contributed by atoms with Crippen LogP contribution in [0.25, 0.3) is 0 Å². The van der Waals surface area contributed by atoms with Crippen LogP contribution in [0.3, 0.4) is 0 Å². The number of aromatic nitrogens is 2. The highest BCUT2D eigenvalue weighted by Crippen LogP contribution is 2.21. The lowest BCUT2D eigenvalue weighted by Gasteiger charge is -2.33. The lowest BCUT2D eigenvalue weighted by molar-refractivity contribution is -0.140. The number of likely N-dealkylation sites (tertiary alicyclic amines) is 1. The van der Waals surface area contributed by atoms with E-state index in [4.69, 9.17) is 0 Å². The van der Waals surface area contributed by atoms with E-state index < -0.39 is 0 Å². The third-order valence-electron chi connectivity index (χ3n) is 5.55. The molecule has 1 aromatic heterocycles. The van der Waals surface area contributed by atoms with Crippen LogP contribution in [-0.4, -0.2) is 65.8 Å². The third kappa shape index (κ3) is 5.78. The molecule has 7 nitrogen and oxygen atoms in total. The fraction of sp³-hybridized carbons (Fsp3) is 0.478. The molecule has 0 bridgehead atoms. The summed E-state index contributed by atoms with van der Waals surface area (Å²) in [4.78, 5) is 39.4. The van der Waals surface area contributed by atoms with Crippen LogP contribution < -0.4 is 4.90 Å². The van der Waals surface area contributed by atoms with Gasteiger partial charge < -0.3 is 14.7 Å². The minimum Gasteiger partial charge on any atom is -0.347 e. The average molecular weight is 410 g/mol. The summed E-state index contributed by atoms with van der Waals surface area (Å²) in [6, 6.07) is 10.1. The molecule has 0 unspecified atom stereocenters. The molecule has 0 atom stereocenters. The van der Waals surface area contributed by atoms with E-state index in [0.29, 0.717) is 32.0 Å². The first-order chi connectivity index (χ1) is 14.4.